The highest BCUT2D eigenvalue weighted by Crippen LogP contribution is 2.26. The van der Waals surface area contributed by atoms with Gasteiger partial charge in [-0.1, -0.05) is 48.5 Å². The van der Waals surface area contributed by atoms with Crippen molar-refractivity contribution in [1.82, 2.24) is 24.4 Å². The molecule has 10 heteroatoms. The highest BCUT2D eigenvalue weighted by atomic mass is 32.2. The van der Waals surface area contributed by atoms with Crippen LogP contribution in [-0.2, 0) is 17.3 Å². The summed E-state index contributed by atoms with van der Waals surface area (Å²) in [6.07, 6.45) is 3.52. The van der Waals surface area contributed by atoms with Gasteiger partial charge in [-0.3, -0.25) is 0 Å². The van der Waals surface area contributed by atoms with E-state index in [1.54, 1.807) is 0 Å². The predicted octanol–water partition coefficient (Wildman–Crippen LogP) is 2.02. The Labute approximate surface area is 163 Å². The third-order valence-corrected chi connectivity index (χ3v) is 6.87. The van der Waals surface area contributed by atoms with E-state index >= 15 is 0 Å². The van der Waals surface area contributed by atoms with Crippen molar-refractivity contribution < 1.29 is 8.42 Å². The van der Waals surface area contributed by atoms with Gasteiger partial charge in [0.15, 0.2) is 11.0 Å². The smallest absolute Gasteiger partial charge is 0.323 e. The second-order valence-corrected chi connectivity index (χ2v) is 9.02. The van der Waals surface area contributed by atoms with Gasteiger partial charge >= 0.3 is 10.2 Å². The summed E-state index contributed by atoms with van der Waals surface area (Å²) < 4.78 is 32.8. The van der Waals surface area contributed by atoms with E-state index in [4.69, 9.17) is 0 Å². The number of nitrogens with one attached hydrogen (secondary N) is 1. The zero-order valence-electron chi connectivity index (χ0n) is 15.1. The third-order valence-electron chi connectivity index (χ3n) is 4.75. The van der Waals surface area contributed by atoms with Crippen molar-refractivity contribution in [2.75, 3.05) is 12.3 Å². The van der Waals surface area contributed by atoms with Crippen molar-refractivity contribution in [3.63, 3.8) is 0 Å². The van der Waals surface area contributed by atoms with Crippen LogP contribution in [0.25, 0.3) is 11.4 Å². The highest BCUT2D eigenvalue weighted by molar-refractivity contribution is 7.99. The maximum Gasteiger partial charge on any atom is 0.323 e. The van der Waals surface area contributed by atoms with Gasteiger partial charge in [0.1, 0.15) is 12.0 Å². The number of aromatic nitrogens is 3. The van der Waals surface area contributed by atoms with Crippen LogP contribution in [0.1, 0.15) is 25.7 Å². The fraction of sp³-hybridized carbons (Fsp3) is 0.471. The molecule has 2 aliphatic heterocycles. The molecule has 144 valence electrons. The number of hydrogen-bond donors (Lipinski definition) is 1. The summed E-state index contributed by atoms with van der Waals surface area (Å²) in [7, 11) is -1.71. The lowest BCUT2D eigenvalue weighted by molar-refractivity contribution is 0.310. The lowest BCUT2D eigenvalue weighted by atomic mass is 10.2. The normalized spacial score (nSPS) is 22.0. The summed E-state index contributed by atoms with van der Waals surface area (Å²) in [6, 6.07) is 9.88. The van der Waals surface area contributed by atoms with E-state index < -0.39 is 10.2 Å². The summed E-state index contributed by atoms with van der Waals surface area (Å²) in [5.74, 6) is 2.01. The van der Waals surface area contributed by atoms with Crippen LogP contribution in [0.2, 0.25) is 0 Å². The van der Waals surface area contributed by atoms with E-state index in [9.17, 15) is 8.42 Å². The quantitative estimate of drug-likeness (QED) is 0.781. The second kappa shape index (κ2) is 7.61. The Hall–Kier alpha value is -1.91. The van der Waals surface area contributed by atoms with Gasteiger partial charge in [0.25, 0.3) is 0 Å². The van der Waals surface area contributed by atoms with E-state index in [-0.39, 0.29) is 6.17 Å². The molecular formula is C17H22N6O2S2. The minimum atomic E-state index is -3.63. The van der Waals surface area contributed by atoms with Crippen molar-refractivity contribution in [3.8, 4) is 11.4 Å². The lowest BCUT2D eigenvalue weighted by Gasteiger charge is -2.35. The average molecular weight is 407 g/mol. The van der Waals surface area contributed by atoms with Crippen LogP contribution >= 0.6 is 11.8 Å². The monoisotopic (exact) mass is 406 g/mol. The van der Waals surface area contributed by atoms with E-state index in [0.29, 0.717) is 18.0 Å². The molecule has 0 saturated carbocycles. The van der Waals surface area contributed by atoms with Gasteiger partial charge in [-0.15, -0.1) is 14.6 Å². The third kappa shape index (κ3) is 4.02. The van der Waals surface area contributed by atoms with Crippen molar-refractivity contribution in [1.29, 1.82) is 0 Å². The van der Waals surface area contributed by atoms with E-state index in [2.05, 4.69) is 24.2 Å². The molecule has 0 aliphatic carbocycles. The van der Waals surface area contributed by atoms with E-state index in [1.807, 2.05) is 41.9 Å². The molecule has 8 nitrogen and oxygen atoms in total. The van der Waals surface area contributed by atoms with Gasteiger partial charge in [-0.25, -0.2) is 0 Å². The van der Waals surface area contributed by atoms with Crippen molar-refractivity contribution in [2.24, 2.45) is 11.4 Å². The Balaban J connectivity index is 1.51. The maximum absolute atomic E-state index is 12.1. The first-order chi connectivity index (χ1) is 13.0. The van der Waals surface area contributed by atoms with Crippen LogP contribution < -0.4 is 4.72 Å². The highest BCUT2D eigenvalue weighted by Gasteiger charge is 2.33. The Kier molecular flexibility index (Phi) is 5.20. The zero-order valence-corrected chi connectivity index (χ0v) is 16.7. The average Bonchev–Trinajstić information content (AvgIpc) is 2.85. The summed E-state index contributed by atoms with van der Waals surface area (Å²) >= 11 is 1.50. The molecule has 1 fully saturated rings. The van der Waals surface area contributed by atoms with Crippen LogP contribution in [0.3, 0.4) is 0 Å². The van der Waals surface area contributed by atoms with Gasteiger partial charge in [0.05, 0.1) is 0 Å². The van der Waals surface area contributed by atoms with Crippen LogP contribution in [-0.4, -0.2) is 52.4 Å². The molecule has 4 rings (SSSR count). The van der Waals surface area contributed by atoms with E-state index in [1.165, 1.54) is 11.8 Å². The second-order valence-electron chi connectivity index (χ2n) is 6.66. The molecule has 0 bridgehead atoms. The summed E-state index contributed by atoms with van der Waals surface area (Å²) in [4.78, 5) is 2.09. The maximum atomic E-state index is 12.1. The molecule has 1 aromatic heterocycles. The predicted molar refractivity (Wildman–Crippen MR) is 106 cm³/mol. The fourth-order valence-corrected chi connectivity index (χ4v) is 5.54. The van der Waals surface area contributed by atoms with Gasteiger partial charge in [-0.05, 0) is 12.8 Å². The first-order valence-corrected chi connectivity index (χ1v) is 11.4. The summed E-state index contributed by atoms with van der Waals surface area (Å²) in [5.41, 5.74) is 1.000. The number of nitrogens with zero attached hydrogens (tertiary/aromatic N) is 5. The van der Waals surface area contributed by atoms with Crippen LogP contribution in [0.15, 0.2) is 39.9 Å². The molecule has 0 amide bonds. The minimum Gasteiger partial charge on any atom is -0.342 e. The SMILES string of the molecule is Cn1c(SC[C@@H]2NS(=O)(=O)N=C3CCCCCN32)nnc1-c1ccccc1. The lowest BCUT2D eigenvalue weighted by Crippen LogP contribution is -2.55. The number of benzene rings is 1. The molecule has 27 heavy (non-hydrogen) atoms. The number of thioether (sulfide) groups is 1. The molecule has 2 aromatic rings. The molecule has 1 atom stereocenters. The molecule has 0 spiro atoms. The van der Waals surface area contributed by atoms with Gasteiger partial charge in [0.2, 0.25) is 0 Å². The molecule has 0 radical (unpaired) electrons. The fourth-order valence-electron chi connectivity index (χ4n) is 3.41. The zero-order chi connectivity index (χ0) is 18.9. The van der Waals surface area contributed by atoms with Crippen molar-refractivity contribution in [3.05, 3.63) is 30.3 Å². The Morgan fingerprint density at radius 1 is 1.19 bits per heavy atom. The van der Waals surface area contributed by atoms with Crippen LogP contribution in [0.4, 0.5) is 0 Å². The van der Waals surface area contributed by atoms with Crippen LogP contribution in [0.5, 0.6) is 0 Å². The van der Waals surface area contributed by atoms with Crippen molar-refractivity contribution >= 4 is 27.8 Å². The Morgan fingerprint density at radius 3 is 2.81 bits per heavy atom. The van der Waals surface area contributed by atoms with Crippen molar-refractivity contribution in [2.45, 2.75) is 37.0 Å². The topological polar surface area (TPSA) is 92.5 Å². The number of hydrogen-bond acceptors (Lipinski definition) is 6. The first-order valence-electron chi connectivity index (χ1n) is 8.99. The number of rotatable bonds is 4. The molecule has 1 N–H and O–H groups in total. The molecule has 2 aliphatic rings. The molecule has 3 heterocycles. The summed E-state index contributed by atoms with van der Waals surface area (Å²) in [6.45, 7) is 0.820. The molecular weight excluding hydrogens is 384 g/mol. The van der Waals surface area contributed by atoms with Gasteiger partial charge in [-0.2, -0.15) is 13.1 Å². The number of amidine groups is 1. The molecule has 1 saturated heterocycles. The Bertz CT molecular complexity index is 942. The van der Waals surface area contributed by atoms with Gasteiger partial charge in [0, 0.05) is 31.3 Å². The first kappa shape index (κ1) is 18.5. The van der Waals surface area contributed by atoms with Gasteiger partial charge < -0.3 is 9.47 Å². The Morgan fingerprint density at radius 2 is 2.00 bits per heavy atom. The largest absolute Gasteiger partial charge is 0.342 e. The van der Waals surface area contributed by atoms with Crippen LogP contribution in [0, 0.1) is 0 Å². The minimum absolute atomic E-state index is 0.317. The number of fused-ring (bicyclic) bond motifs is 1. The summed E-state index contributed by atoms with van der Waals surface area (Å²) in [5, 5.41) is 9.33. The molecule has 1 aromatic carbocycles. The molecule has 0 unspecified atom stereocenters. The van der Waals surface area contributed by atoms with E-state index in [0.717, 1.165) is 42.4 Å². The standard InChI is InChI=1S/C17H22N6O2S2/c1-22-16(13-8-4-2-5-9-13)18-19-17(22)26-12-15-21-27(24,25)20-14-10-6-3-7-11-23(14)15/h2,4-5,8-9,15,21H,3,6-7,10-12H2,1H3/t15-/m1/s1.